The van der Waals surface area contributed by atoms with Crippen LogP contribution in [0.15, 0.2) is 71.1 Å². The number of carbonyl (C=O) groups excluding carboxylic acids is 2. The molecule has 0 bridgehead atoms. The molecule has 4 N–H and O–H groups in total. The van der Waals surface area contributed by atoms with Crippen LogP contribution in [0.1, 0.15) is 21.5 Å². The monoisotopic (exact) mass is 549 g/mol. The minimum Gasteiger partial charge on any atom is -0.493 e. The lowest BCUT2D eigenvalue weighted by molar-refractivity contribution is -0.119. The van der Waals surface area contributed by atoms with E-state index in [9.17, 15) is 9.59 Å². The van der Waals surface area contributed by atoms with Gasteiger partial charge in [0.1, 0.15) is 0 Å². The van der Waals surface area contributed by atoms with Gasteiger partial charge in [0.05, 0.1) is 24.0 Å². The van der Waals surface area contributed by atoms with Gasteiger partial charge >= 0.3 is 0 Å². The van der Waals surface area contributed by atoms with Gasteiger partial charge in [-0.25, -0.2) is 10.4 Å². The highest BCUT2D eigenvalue weighted by atomic mass is 35.5. The lowest BCUT2D eigenvalue weighted by Crippen LogP contribution is -2.20. The predicted molar refractivity (Wildman–Crippen MR) is 150 cm³/mol. The number of hydrogen-bond donors (Lipinski definition) is 3. The number of aryl methyl sites for hydroxylation is 1. The van der Waals surface area contributed by atoms with Gasteiger partial charge in [-0.15, -0.1) is 11.3 Å². The highest BCUT2D eigenvalue weighted by Crippen LogP contribution is 2.36. The van der Waals surface area contributed by atoms with Gasteiger partial charge in [0.25, 0.3) is 11.8 Å². The molecule has 2 amide bonds. The zero-order chi connectivity index (χ0) is 27.1. The van der Waals surface area contributed by atoms with Crippen molar-refractivity contribution in [2.24, 2.45) is 10.8 Å². The number of nitrogens with one attached hydrogen (secondary N) is 2. The maximum Gasteiger partial charge on any atom is 0.271 e. The number of anilines is 2. The van der Waals surface area contributed by atoms with Gasteiger partial charge in [0.2, 0.25) is 0 Å². The molecular weight excluding hydrogens is 526 g/mol. The number of primary amides is 1. The quantitative estimate of drug-likeness (QED) is 0.185. The number of aromatic nitrogens is 1. The third-order valence-corrected chi connectivity index (χ3v) is 6.28. The zero-order valence-corrected chi connectivity index (χ0v) is 22.1. The van der Waals surface area contributed by atoms with Crippen molar-refractivity contribution in [1.29, 1.82) is 0 Å². The summed E-state index contributed by atoms with van der Waals surface area (Å²) in [6, 6.07) is 18.3. The van der Waals surface area contributed by atoms with E-state index in [2.05, 4.69) is 20.8 Å². The molecular formula is C27H24ClN5O4S. The van der Waals surface area contributed by atoms with Crippen LogP contribution in [0.3, 0.4) is 0 Å². The molecule has 9 nitrogen and oxygen atoms in total. The third-order valence-electron chi connectivity index (χ3n) is 5.24. The molecule has 0 aliphatic carbocycles. The number of thiazole rings is 1. The molecule has 0 aliphatic rings. The van der Waals surface area contributed by atoms with E-state index in [1.54, 1.807) is 24.3 Å². The average molecular weight is 550 g/mol. The van der Waals surface area contributed by atoms with Crippen molar-refractivity contribution in [2.45, 2.75) is 6.92 Å². The van der Waals surface area contributed by atoms with Crippen molar-refractivity contribution < 1.29 is 19.1 Å². The van der Waals surface area contributed by atoms with E-state index in [0.29, 0.717) is 16.9 Å². The Hall–Kier alpha value is -4.41. The van der Waals surface area contributed by atoms with Crippen LogP contribution < -0.4 is 25.9 Å². The molecule has 0 saturated carbocycles. The average Bonchev–Trinajstić information content (AvgIpc) is 3.37. The first-order chi connectivity index (χ1) is 18.3. The van der Waals surface area contributed by atoms with Crippen LogP contribution in [0.5, 0.6) is 11.5 Å². The number of rotatable bonds is 10. The van der Waals surface area contributed by atoms with Crippen molar-refractivity contribution in [1.82, 2.24) is 10.4 Å². The van der Waals surface area contributed by atoms with Crippen LogP contribution in [-0.2, 0) is 4.79 Å². The molecule has 1 heterocycles. The molecule has 11 heteroatoms. The summed E-state index contributed by atoms with van der Waals surface area (Å²) in [5.74, 6) is -0.544. The Labute approximate surface area is 228 Å². The van der Waals surface area contributed by atoms with Gasteiger partial charge in [-0.2, -0.15) is 5.10 Å². The number of nitrogens with zero attached hydrogens (tertiary/aromatic N) is 2. The molecule has 4 rings (SSSR count). The summed E-state index contributed by atoms with van der Waals surface area (Å²) < 4.78 is 10.6. The van der Waals surface area contributed by atoms with E-state index < -0.39 is 5.91 Å². The SMILES string of the molecule is COc1cc(/C=N/NC(=O)c2ccc(-c3csc(Nc4ccc(C)cc4)n3)cc2)cc(Cl)c1OCC(N)=O. The molecule has 0 saturated heterocycles. The number of ether oxygens (including phenoxy) is 2. The summed E-state index contributed by atoms with van der Waals surface area (Å²) >= 11 is 7.74. The summed E-state index contributed by atoms with van der Waals surface area (Å²) in [5, 5.41) is 10.2. The summed E-state index contributed by atoms with van der Waals surface area (Å²) in [4.78, 5) is 28.2. The summed E-state index contributed by atoms with van der Waals surface area (Å²) in [6.45, 7) is 1.70. The van der Waals surface area contributed by atoms with Gasteiger partial charge in [0.15, 0.2) is 23.2 Å². The lowest BCUT2D eigenvalue weighted by Gasteiger charge is -2.12. The Balaban J connectivity index is 1.37. The van der Waals surface area contributed by atoms with Crippen LogP contribution >= 0.6 is 22.9 Å². The first kappa shape index (κ1) is 26.6. The maximum atomic E-state index is 12.5. The molecule has 0 radical (unpaired) electrons. The number of halogens is 1. The first-order valence-electron chi connectivity index (χ1n) is 11.3. The minimum atomic E-state index is -0.643. The van der Waals surface area contributed by atoms with Crippen molar-refractivity contribution in [2.75, 3.05) is 19.0 Å². The van der Waals surface area contributed by atoms with Crippen LogP contribution in [0, 0.1) is 6.92 Å². The van der Waals surface area contributed by atoms with Crippen molar-refractivity contribution >= 4 is 51.8 Å². The fraction of sp³-hybridized carbons (Fsp3) is 0.111. The van der Waals surface area contributed by atoms with E-state index >= 15 is 0 Å². The Bertz CT molecular complexity index is 1470. The van der Waals surface area contributed by atoms with E-state index in [1.165, 1.54) is 30.2 Å². The smallest absolute Gasteiger partial charge is 0.271 e. The lowest BCUT2D eigenvalue weighted by atomic mass is 10.1. The number of hydrogen-bond acceptors (Lipinski definition) is 8. The van der Waals surface area contributed by atoms with E-state index in [4.69, 9.17) is 26.8 Å². The third kappa shape index (κ3) is 6.87. The minimum absolute atomic E-state index is 0.187. The number of hydrazone groups is 1. The number of methoxy groups -OCH3 is 1. The standard InChI is InChI=1S/C27H24ClN5O4S/c1-16-3-9-20(10-4-16)31-27-32-22(15-38-27)18-5-7-19(8-6-18)26(35)33-30-13-17-11-21(28)25(23(12-17)36-2)37-14-24(29)34/h3-13,15H,14H2,1-2H3,(H2,29,34)(H,31,32)(H,33,35)/b30-13+. The fourth-order valence-electron chi connectivity index (χ4n) is 3.34. The van der Waals surface area contributed by atoms with Crippen molar-refractivity contribution in [3.63, 3.8) is 0 Å². The molecule has 4 aromatic rings. The second-order valence-electron chi connectivity index (χ2n) is 8.09. The van der Waals surface area contributed by atoms with Crippen molar-refractivity contribution in [3.8, 4) is 22.8 Å². The van der Waals surface area contributed by atoms with Gasteiger partial charge in [-0.1, -0.05) is 41.4 Å². The topological polar surface area (TPSA) is 128 Å². The van der Waals surface area contributed by atoms with Gasteiger partial charge < -0.3 is 20.5 Å². The second-order valence-corrected chi connectivity index (χ2v) is 9.36. The highest BCUT2D eigenvalue weighted by Gasteiger charge is 2.13. The maximum absolute atomic E-state index is 12.5. The van der Waals surface area contributed by atoms with Crippen LogP contribution in [0.4, 0.5) is 10.8 Å². The summed E-state index contributed by atoms with van der Waals surface area (Å²) in [6.07, 6.45) is 1.41. The van der Waals surface area contributed by atoms with Crippen LogP contribution in [0.2, 0.25) is 5.02 Å². The number of benzene rings is 3. The molecule has 0 aliphatic heterocycles. The van der Waals surface area contributed by atoms with Crippen LogP contribution in [-0.4, -0.2) is 36.7 Å². The van der Waals surface area contributed by atoms with Gasteiger partial charge in [-0.3, -0.25) is 9.59 Å². The normalized spacial score (nSPS) is 10.8. The highest BCUT2D eigenvalue weighted by molar-refractivity contribution is 7.14. The Morgan fingerprint density at radius 3 is 2.55 bits per heavy atom. The molecule has 194 valence electrons. The number of nitrogens with two attached hydrogens (primary N) is 1. The van der Waals surface area contributed by atoms with E-state index in [1.807, 2.05) is 48.7 Å². The largest absolute Gasteiger partial charge is 0.493 e. The molecule has 0 fully saturated rings. The second kappa shape index (κ2) is 12.2. The number of carbonyl (C=O) groups is 2. The molecule has 0 unspecified atom stereocenters. The van der Waals surface area contributed by atoms with Gasteiger partial charge in [-0.05, 0) is 48.9 Å². The summed E-state index contributed by atoms with van der Waals surface area (Å²) in [7, 11) is 1.43. The van der Waals surface area contributed by atoms with Crippen LogP contribution in [0.25, 0.3) is 11.3 Å². The predicted octanol–water partition coefficient (Wildman–Crippen LogP) is 5.15. The Morgan fingerprint density at radius 2 is 1.87 bits per heavy atom. The fourth-order valence-corrected chi connectivity index (χ4v) is 4.36. The van der Waals surface area contributed by atoms with E-state index in [-0.39, 0.29) is 23.3 Å². The molecule has 38 heavy (non-hydrogen) atoms. The Kier molecular flexibility index (Phi) is 8.57. The molecule has 3 aromatic carbocycles. The molecule has 0 atom stereocenters. The molecule has 0 spiro atoms. The zero-order valence-electron chi connectivity index (χ0n) is 20.5. The van der Waals surface area contributed by atoms with Crippen molar-refractivity contribution in [3.05, 3.63) is 87.8 Å². The summed E-state index contributed by atoms with van der Waals surface area (Å²) in [5.41, 5.74) is 12.4. The number of amides is 2. The Morgan fingerprint density at radius 1 is 1.13 bits per heavy atom. The van der Waals surface area contributed by atoms with E-state index in [0.717, 1.165) is 22.1 Å². The first-order valence-corrected chi connectivity index (χ1v) is 12.6. The molecule has 1 aromatic heterocycles. The van der Waals surface area contributed by atoms with Gasteiger partial charge in [0, 0.05) is 22.2 Å².